The minimum absolute atomic E-state index is 0.207. The van der Waals surface area contributed by atoms with Crippen molar-refractivity contribution in [1.82, 2.24) is 10.2 Å². The van der Waals surface area contributed by atoms with Crippen LogP contribution in [0.1, 0.15) is 0 Å². The zero-order valence-corrected chi connectivity index (χ0v) is 11.0. The van der Waals surface area contributed by atoms with Crippen molar-refractivity contribution in [2.75, 3.05) is 44.2 Å². The second-order valence-corrected chi connectivity index (χ2v) is 5.35. The molecule has 2 aliphatic heterocycles. The molecule has 2 saturated heterocycles. The van der Waals surface area contributed by atoms with E-state index in [0.717, 1.165) is 45.0 Å². The Bertz CT molecular complexity index is 428. The first-order valence-corrected chi connectivity index (χ1v) is 6.76. The third kappa shape index (κ3) is 2.32. The van der Waals surface area contributed by atoms with Gasteiger partial charge in [0.1, 0.15) is 5.82 Å². The van der Waals surface area contributed by atoms with Gasteiger partial charge in [0.15, 0.2) is 0 Å². The van der Waals surface area contributed by atoms with E-state index in [4.69, 9.17) is 11.6 Å². The molecule has 0 spiro atoms. The van der Waals surface area contributed by atoms with Gasteiger partial charge in [-0.15, -0.1) is 0 Å². The van der Waals surface area contributed by atoms with Crippen LogP contribution in [0.2, 0.25) is 5.02 Å². The van der Waals surface area contributed by atoms with Gasteiger partial charge >= 0.3 is 0 Å². The van der Waals surface area contributed by atoms with E-state index in [0.29, 0.717) is 6.04 Å². The number of piperazine rings is 1. The monoisotopic (exact) mass is 269 g/mol. The maximum atomic E-state index is 13.1. The van der Waals surface area contributed by atoms with Crippen LogP contribution in [0.25, 0.3) is 0 Å². The van der Waals surface area contributed by atoms with Crippen molar-refractivity contribution >= 4 is 17.3 Å². The molecule has 0 amide bonds. The molecule has 0 unspecified atom stereocenters. The van der Waals surface area contributed by atoms with Crippen LogP contribution in [0.5, 0.6) is 0 Å². The van der Waals surface area contributed by atoms with Gasteiger partial charge in [-0.25, -0.2) is 4.39 Å². The Morgan fingerprint density at radius 2 is 1.94 bits per heavy atom. The van der Waals surface area contributed by atoms with Crippen LogP contribution in [0.3, 0.4) is 0 Å². The summed E-state index contributed by atoms with van der Waals surface area (Å²) in [4.78, 5) is 4.77. The second kappa shape index (κ2) is 5.03. The molecule has 5 heteroatoms. The first kappa shape index (κ1) is 12.2. The lowest BCUT2D eigenvalue weighted by atomic mass is 10.0. The number of hydrogen-bond acceptors (Lipinski definition) is 3. The van der Waals surface area contributed by atoms with Crippen molar-refractivity contribution < 1.29 is 4.39 Å². The van der Waals surface area contributed by atoms with Crippen molar-refractivity contribution in [3.05, 3.63) is 29.0 Å². The molecule has 2 fully saturated rings. The van der Waals surface area contributed by atoms with Gasteiger partial charge in [0.05, 0.1) is 5.02 Å². The maximum absolute atomic E-state index is 13.1. The molecular weight excluding hydrogens is 253 g/mol. The average molecular weight is 270 g/mol. The number of nitrogens with one attached hydrogen (secondary N) is 1. The standard InChI is InChI=1S/C13H17ClFN3/c14-12-7-10(1-2-13(12)15)18-8-11(9-18)17-5-3-16-4-6-17/h1-2,7,11,16H,3-6,8-9H2. The molecule has 0 aromatic heterocycles. The Morgan fingerprint density at radius 3 is 2.61 bits per heavy atom. The van der Waals surface area contributed by atoms with Gasteiger partial charge in [-0.05, 0) is 18.2 Å². The number of rotatable bonds is 2. The Morgan fingerprint density at radius 1 is 1.22 bits per heavy atom. The van der Waals surface area contributed by atoms with E-state index in [-0.39, 0.29) is 10.8 Å². The summed E-state index contributed by atoms with van der Waals surface area (Å²) in [7, 11) is 0. The zero-order valence-electron chi connectivity index (χ0n) is 10.2. The number of hydrogen-bond donors (Lipinski definition) is 1. The highest BCUT2D eigenvalue weighted by atomic mass is 35.5. The zero-order chi connectivity index (χ0) is 12.5. The molecule has 1 aromatic rings. The number of benzene rings is 1. The van der Waals surface area contributed by atoms with E-state index in [2.05, 4.69) is 15.1 Å². The highest BCUT2D eigenvalue weighted by Gasteiger charge is 2.32. The van der Waals surface area contributed by atoms with Gasteiger partial charge in [-0.3, -0.25) is 4.90 Å². The molecule has 2 heterocycles. The van der Waals surface area contributed by atoms with E-state index < -0.39 is 0 Å². The molecule has 18 heavy (non-hydrogen) atoms. The van der Waals surface area contributed by atoms with Crippen LogP contribution in [0.4, 0.5) is 10.1 Å². The summed E-state index contributed by atoms with van der Waals surface area (Å²) >= 11 is 5.80. The second-order valence-electron chi connectivity index (χ2n) is 4.94. The third-order valence-electron chi connectivity index (χ3n) is 3.80. The van der Waals surface area contributed by atoms with E-state index >= 15 is 0 Å². The van der Waals surface area contributed by atoms with E-state index in [1.165, 1.54) is 6.07 Å². The van der Waals surface area contributed by atoms with Gasteiger partial charge in [0.25, 0.3) is 0 Å². The summed E-state index contributed by atoms with van der Waals surface area (Å²) < 4.78 is 13.1. The Hall–Kier alpha value is -0.840. The van der Waals surface area contributed by atoms with Gasteiger partial charge in [-0.1, -0.05) is 11.6 Å². The Balaban J connectivity index is 1.59. The topological polar surface area (TPSA) is 18.5 Å². The summed E-state index contributed by atoms with van der Waals surface area (Å²) in [6.45, 7) is 6.45. The average Bonchev–Trinajstić information content (AvgIpc) is 2.33. The van der Waals surface area contributed by atoms with Crippen LogP contribution < -0.4 is 10.2 Å². The fourth-order valence-electron chi connectivity index (χ4n) is 2.63. The number of halogens is 2. The molecule has 0 bridgehead atoms. The lowest BCUT2D eigenvalue weighted by Crippen LogP contribution is -2.62. The van der Waals surface area contributed by atoms with Crippen LogP contribution in [0, 0.1) is 5.82 Å². The maximum Gasteiger partial charge on any atom is 0.141 e. The van der Waals surface area contributed by atoms with Crippen molar-refractivity contribution in [2.45, 2.75) is 6.04 Å². The highest BCUT2D eigenvalue weighted by Crippen LogP contribution is 2.27. The SMILES string of the molecule is Fc1ccc(N2CC(N3CCNCC3)C2)cc1Cl. The molecule has 0 saturated carbocycles. The summed E-state index contributed by atoms with van der Waals surface area (Å²) in [5.74, 6) is -0.348. The summed E-state index contributed by atoms with van der Waals surface area (Å²) in [6.07, 6.45) is 0. The van der Waals surface area contributed by atoms with Gasteiger partial charge in [-0.2, -0.15) is 0 Å². The molecule has 98 valence electrons. The van der Waals surface area contributed by atoms with E-state index in [1.807, 2.05) is 0 Å². The van der Waals surface area contributed by atoms with E-state index in [1.54, 1.807) is 12.1 Å². The fraction of sp³-hybridized carbons (Fsp3) is 0.538. The number of nitrogens with zero attached hydrogens (tertiary/aromatic N) is 2. The van der Waals surface area contributed by atoms with Crippen molar-refractivity contribution in [3.8, 4) is 0 Å². The summed E-state index contributed by atoms with van der Waals surface area (Å²) in [6, 6.07) is 5.59. The molecule has 0 radical (unpaired) electrons. The molecular formula is C13H17ClFN3. The number of anilines is 1. The van der Waals surface area contributed by atoms with Crippen molar-refractivity contribution in [2.24, 2.45) is 0 Å². The Labute approximate surface area is 112 Å². The first-order valence-electron chi connectivity index (χ1n) is 6.39. The minimum atomic E-state index is -0.348. The normalized spacial score (nSPS) is 22.0. The van der Waals surface area contributed by atoms with E-state index in [9.17, 15) is 4.39 Å². The van der Waals surface area contributed by atoms with Crippen molar-refractivity contribution in [1.29, 1.82) is 0 Å². The largest absolute Gasteiger partial charge is 0.368 e. The van der Waals surface area contributed by atoms with Gasteiger partial charge in [0.2, 0.25) is 0 Å². The molecule has 0 aliphatic carbocycles. The van der Waals surface area contributed by atoms with Crippen LogP contribution >= 0.6 is 11.6 Å². The third-order valence-corrected chi connectivity index (χ3v) is 4.09. The quantitative estimate of drug-likeness (QED) is 0.879. The smallest absolute Gasteiger partial charge is 0.141 e. The fourth-order valence-corrected chi connectivity index (χ4v) is 2.80. The van der Waals surface area contributed by atoms with Crippen molar-refractivity contribution in [3.63, 3.8) is 0 Å². The van der Waals surface area contributed by atoms with Crippen LogP contribution in [-0.2, 0) is 0 Å². The lowest BCUT2D eigenvalue weighted by molar-refractivity contribution is 0.147. The van der Waals surface area contributed by atoms with Gasteiger partial charge in [0, 0.05) is 51.0 Å². The lowest BCUT2D eigenvalue weighted by Gasteiger charge is -2.48. The van der Waals surface area contributed by atoms with Gasteiger partial charge < -0.3 is 10.2 Å². The highest BCUT2D eigenvalue weighted by molar-refractivity contribution is 6.31. The first-order chi connectivity index (χ1) is 8.74. The molecule has 1 N–H and O–H groups in total. The van der Waals surface area contributed by atoms with Crippen LogP contribution in [0.15, 0.2) is 18.2 Å². The predicted molar refractivity (Wildman–Crippen MR) is 71.9 cm³/mol. The summed E-state index contributed by atoms with van der Waals surface area (Å²) in [5.41, 5.74) is 1.02. The van der Waals surface area contributed by atoms with Crippen LogP contribution in [-0.4, -0.2) is 50.2 Å². The molecule has 3 nitrogen and oxygen atoms in total. The molecule has 0 atom stereocenters. The molecule has 1 aromatic carbocycles. The molecule has 3 rings (SSSR count). The minimum Gasteiger partial charge on any atom is -0.368 e. The Kier molecular flexibility index (Phi) is 3.41. The predicted octanol–water partition coefficient (Wildman–Crippen LogP) is 1.57. The summed E-state index contributed by atoms with van der Waals surface area (Å²) in [5, 5.41) is 3.57. The molecule has 2 aliphatic rings.